The Bertz CT molecular complexity index is 1200. The number of hydrogen-bond donors (Lipinski definition) is 0. The second-order valence-electron chi connectivity index (χ2n) is 6.63. The molecule has 0 atom stereocenters. The molecule has 4 rings (SSSR count). The first kappa shape index (κ1) is 16.6. The van der Waals surface area contributed by atoms with Gasteiger partial charge in [-0.25, -0.2) is 17.6 Å². The maximum Gasteiger partial charge on any atom is 0.183 e. The van der Waals surface area contributed by atoms with Gasteiger partial charge in [0.2, 0.25) is 0 Å². The Morgan fingerprint density at radius 2 is 1.42 bits per heavy atom. The van der Waals surface area contributed by atoms with Gasteiger partial charge in [-0.1, -0.05) is 11.6 Å². The van der Waals surface area contributed by atoms with E-state index in [0.29, 0.717) is 16.3 Å². The van der Waals surface area contributed by atoms with Crippen LogP contribution in [0, 0.1) is 44.0 Å². The molecule has 1 heterocycles. The third-order valence-electron chi connectivity index (χ3n) is 4.74. The predicted octanol–water partition coefficient (Wildman–Crippen LogP) is 6.27. The third-order valence-corrected chi connectivity index (χ3v) is 4.74. The summed E-state index contributed by atoms with van der Waals surface area (Å²) in [6, 6.07) is 8.93. The molecule has 0 aliphatic carbocycles. The van der Waals surface area contributed by atoms with Crippen LogP contribution in [0.2, 0.25) is 0 Å². The van der Waals surface area contributed by atoms with Gasteiger partial charge in [-0.15, -0.1) is 0 Å². The Balaban J connectivity index is 2.28. The summed E-state index contributed by atoms with van der Waals surface area (Å²) in [5, 5.41) is 1.11. The van der Waals surface area contributed by atoms with E-state index in [9.17, 15) is 17.6 Å². The first-order valence-electron chi connectivity index (χ1n) is 8.15. The molecule has 0 N–H and O–H groups in total. The van der Waals surface area contributed by atoms with Gasteiger partial charge in [0.1, 0.15) is 11.6 Å². The van der Waals surface area contributed by atoms with Gasteiger partial charge in [-0.05, 0) is 56.2 Å². The molecule has 0 spiro atoms. The van der Waals surface area contributed by atoms with Crippen molar-refractivity contribution >= 4 is 21.8 Å². The average Bonchev–Trinajstić information content (AvgIpc) is 2.89. The van der Waals surface area contributed by atoms with E-state index in [0.717, 1.165) is 17.7 Å². The molecule has 5 heteroatoms. The molecule has 0 unspecified atom stereocenters. The summed E-state index contributed by atoms with van der Waals surface area (Å²) >= 11 is 0. The van der Waals surface area contributed by atoms with E-state index in [1.54, 1.807) is 12.1 Å². The highest BCUT2D eigenvalue weighted by Crippen LogP contribution is 2.37. The summed E-state index contributed by atoms with van der Waals surface area (Å²) < 4.78 is 59.1. The van der Waals surface area contributed by atoms with E-state index in [1.165, 1.54) is 24.5 Å². The second-order valence-corrected chi connectivity index (χ2v) is 6.63. The molecule has 0 saturated carbocycles. The van der Waals surface area contributed by atoms with Crippen LogP contribution in [-0.2, 0) is 0 Å². The topological polar surface area (TPSA) is 4.93 Å². The SMILES string of the molecule is Cc1ccc2c(c1)c1cc(C)c(F)c(F)c1n2-c1cc(F)c(C)cc1F. The van der Waals surface area contributed by atoms with Crippen molar-refractivity contribution in [2.24, 2.45) is 0 Å². The van der Waals surface area contributed by atoms with E-state index in [-0.39, 0.29) is 22.3 Å². The van der Waals surface area contributed by atoms with Crippen molar-refractivity contribution in [2.75, 3.05) is 0 Å². The Morgan fingerprint density at radius 1 is 0.692 bits per heavy atom. The Morgan fingerprint density at radius 3 is 2.15 bits per heavy atom. The maximum atomic E-state index is 14.8. The first-order chi connectivity index (χ1) is 12.3. The minimum absolute atomic E-state index is 0.101. The zero-order valence-electron chi connectivity index (χ0n) is 14.4. The van der Waals surface area contributed by atoms with E-state index in [4.69, 9.17) is 0 Å². The Labute approximate surface area is 147 Å². The van der Waals surface area contributed by atoms with Crippen molar-refractivity contribution in [2.45, 2.75) is 20.8 Å². The van der Waals surface area contributed by atoms with Gasteiger partial charge in [-0.2, -0.15) is 0 Å². The molecule has 1 nitrogen and oxygen atoms in total. The molecule has 0 saturated heterocycles. The molecule has 0 aliphatic rings. The molecule has 3 aromatic carbocycles. The molecule has 1 aromatic heterocycles. The van der Waals surface area contributed by atoms with Crippen LogP contribution in [-0.4, -0.2) is 4.57 Å². The van der Waals surface area contributed by atoms with Gasteiger partial charge < -0.3 is 4.57 Å². The fourth-order valence-corrected chi connectivity index (χ4v) is 3.41. The summed E-state index contributed by atoms with van der Waals surface area (Å²) in [5.41, 5.74) is 1.46. The zero-order valence-corrected chi connectivity index (χ0v) is 14.4. The van der Waals surface area contributed by atoms with Gasteiger partial charge in [0.05, 0.1) is 16.7 Å². The van der Waals surface area contributed by atoms with E-state index in [2.05, 4.69) is 0 Å². The standard InChI is InChI=1S/C21H15F4N/c1-10-4-5-17-13(6-10)14-7-12(3)19(24)20(25)21(14)26(17)18-9-15(22)11(2)8-16(18)23/h4-9H,1-3H3. The average molecular weight is 357 g/mol. The normalized spacial score (nSPS) is 11.7. The van der Waals surface area contributed by atoms with Gasteiger partial charge >= 0.3 is 0 Å². The summed E-state index contributed by atoms with van der Waals surface area (Å²) in [7, 11) is 0. The first-order valence-corrected chi connectivity index (χ1v) is 8.15. The molecule has 0 fully saturated rings. The number of fused-ring (bicyclic) bond motifs is 3. The fourth-order valence-electron chi connectivity index (χ4n) is 3.41. The molecule has 0 bridgehead atoms. The molecular formula is C21H15F4N. The largest absolute Gasteiger partial charge is 0.303 e. The van der Waals surface area contributed by atoms with Crippen LogP contribution in [0.1, 0.15) is 16.7 Å². The highest BCUT2D eigenvalue weighted by molar-refractivity contribution is 6.10. The van der Waals surface area contributed by atoms with Crippen LogP contribution in [0.15, 0.2) is 36.4 Å². The van der Waals surface area contributed by atoms with Crippen LogP contribution in [0.3, 0.4) is 0 Å². The lowest BCUT2D eigenvalue weighted by Crippen LogP contribution is -2.02. The molecule has 0 amide bonds. The Kier molecular flexibility index (Phi) is 3.58. The number of hydrogen-bond acceptors (Lipinski definition) is 0. The molecule has 26 heavy (non-hydrogen) atoms. The van der Waals surface area contributed by atoms with Crippen molar-refractivity contribution in [1.82, 2.24) is 4.57 Å². The molecule has 132 valence electrons. The van der Waals surface area contributed by atoms with Gasteiger partial charge in [0.25, 0.3) is 0 Å². The highest BCUT2D eigenvalue weighted by Gasteiger charge is 2.22. The fraction of sp³-hybridized carbons (Fsp3) is 0.143. The zero-order chi connectivity index (χ0) is 18.7. The molecular weight excluding hydrogens is 342 g/mol. The van der Waals surface area contributed by atoms with E-state index >= 15 is 0 Å². The van der Waals surface area contributed by atoms with Crippen LogP contribution >= 0.6 is 0 Å². The predicted molar refractivity (Wildman–Crippen MR) is 94.8 cm³/mol. The van der Waals surface area contributed by atoms with E-state index < -0.39 is 23.3 Å². The minimum Gasteiger partial charge on any atom is -0.303 e. The van der Waals surface area contributed by atoms with Crippen LogP contribution in [0.5, 0.6) is 0 Å². The van der Waals surface area contributed by atoms with Gasteiger partial charge in [0.15, 0.2) is 11.6 Å². The number of aryl methyl sites for hydroxylation is 3. The summed E-state index contributed by atoms with van der Waals surface area (Å²) in [4.78, 5) is 0. The van der Waals surface area contributed by atoms with Crippen LogP contribution in [0.4, 0.5) is 17.6 Å². The molecule has 0 radical (unpaired) electrons. The van der Waals surface area contributed by atoms with Gasteiger partial charge in [-0.3, -0.25) is 0 Å². The van der Waals surface area contributed by atoms with Crippen molar-refractivity contribution in [3.8, 4) is 5.69 Å². The second kappa shape index (κ2) is 5.59. The Hall–Kier alpha value is -2.82. The minimum atomic E-state index is -1.07. The van der Waals surface area contributed by atoms with Crippen molar-refractivity contribution in [3.05, 3.63) is 76.4 Å². The summed E-state index contributed by atoms with van der Waals surface area (Å²) in [6.45, 7) is 4.80. The number of aromatic nitrogens is 1. The van der Waals surface area contributed by atoms with Crippen LogP contribution in [0.25, 0.3) is 27.5 Å². The number of halogens is 4. The quantitative estimate of drug-likeness (QED) is 0.354. The lowest BCUT2D eigenvalue weighted by Gasteiger charge is -2.11. The third kappa shape index (κ3) is 2.23. The number of benzene rings is 3. The number of rotatable bonds is 1. The monoisotopic (exact) mass is 357 g/mol. The van der Waals surface area contributed by atoms with Crippen molar-refractivity contribution in [3.63, 3.8) is 0 Å². The summed E-state index contributed by atoms with van der Waals surface area (Å²) in [5.74, 6) is -3.39. The molecule has 0 aliphatic heterocycles. The van der Waals surface area contributed by atoms with Crippen molar-refractivity contribution in [1.29, 1.82) is 0 Å². The van der Waals surface area contributed by atoms with Gasteiger partial charge in [0, 0.05) is 16.8 Å². The molecule has 4 aromatic rings. The lowest BCUT2D eigenvalue weighted by atomic mass is 10.1. The van der Waals surface area contributed by atoms with E-state index in [1.807, 2.05) is 13.0 Å². The lowest BCUT2D eigenvalue weighted by molar-refractivity contribution is 0.508. The maximum absolute atomic E-state index is 14.8. The highest BCUT2D eigenvalue weighted by atomic mass is 19.2. The summed E-state index contributed by atoms with van der Waals surface area (Å²) in [6.07, 6.45) is 0. The number of nitrogens with zero attached hydrogens (tertiary/aromatic N) is 1. The van der Waals surface area contributed by atoms with Crippen LogP contribution < -0.4 is 0 Å². The smallest absolute Gasteiger partial charge is 0.183 e. The van der Waals surface area contributed by atoms with Crippen molar-refractivity contribution < 1.29 is 17.6 Å².